The van der Waals surface area contributed by atoms with Gasteiger partial charge in [-0.2, -0.15) is 18.3 Å². The zero-order valence-corrected chi connectivity index (χ0v) is 21.2. The van der Waals surface area contributed by atoms with Gasteiger partial charge in [0.25, 0.3) is 5.56 Å². The van der Waals surface area contributed by atoms with Crippen molar-refractivity contribution in [2.45, 2.75) is 44.8 Å². The van der Waals surface area contributed by atoms with Crippen LogP contribution in [0.15, 0.2) is 41.5 Å². The van der Waals surface area contributed by atoms with Gasteiger partial charge in [-0.3, -0.25) is 4.79 Å². The summed E-state index contributed by atoms with van der Waals surface area (Å²) >= 11 is 0. The standard InChI is InChI=1S/C23H28F3N7O3.ClH/c1-15(13-36-14-17-12-32(31-30-17)18-7-8-27-9-18)29-20-10-28-33(22(34)21(20)23(24,25)26)11-16-3-5-19(35-2)6-4-16;/h3-6,10,12,15,18,27,29H,7-9,11,13-14H2,1-2H3;1H. The molecule has 202 valence electrons. The van der Waals surface area contributed by atoms with Gasteiger partial charge in [-0.25, -0.2) is 9.36 Å². The molecule has 4 rings (SSSR count). The molecule has 0 aliphatic carbocycles. The van der Waals surface area contributed by atoms with Crippen molar-refractivity contribution in [3.8, 4) is 5.75 Å². The third-order valence-corrected chi connectivity index (χ3v) is 5.80. The first-order valence-electron chi connectivity index (χ1n) is 11.5. The summed E-state index contributed by atoms with van der Waals surface area (Å²) in [6.45, 7) is 3.57. The van der Waals surface area contributed by atoms with E-state index >= 15 is 0 Å². The Labute approximate surface area is 217 Å². The lowest BCUT2D eigenvalue weighted by atomic mass is 10.2. The second-order valence-corrected chi connectivity index (χ2v) is 8.64. The highest BCUT2D eigenvalue weighted by atomic mass is 35.5. The molecule has 0 radical (unpaired) electrons. The lowest BCUT2D eigenvalue weighted by Crippen LogP contribution is -2.34. The van der Waals surface area contributed by atoms with E-state index in [-0.39, 0.29) is 38.2 Å². The van der Waals surface area contributed by atoms with Crippen LogP contribution in [0.4, 0.5) is 18.9 Å². The fraction of sp³-hybridized carbons (Fsp3) is 0.478. The minimum Gasteiger partial charge on any atom is -0.497 e. The summed E-state index contributed by atoms with van der Waals surface area (Å²) in [5.41, 5.74) is -1.68. The fourth-order valence-corrected chi connectivity index (χ4v) is 3.96. The van der Waals surface area contributed by atoms with E-state index in [1.165, 1.54) is 7.11 Å². The highest BCUT2D eigenvalue weighted by Gasteiger charge is 2.38. The Morgan fingerprint density at radius 3 is 2.68 bits per heavy atom. The SMILES string of the molecule is COc1ccc(Cn2ncc(NC(C)COCc3cn(C4CCNC4)nn3)c(C(F)(F)F)c2=O)cc1.Cl. The summed E-state index contributed by atoms with van der Waals surface area (Å²) < 4.78 is 54.8. The Bertz CT molecular complexity index is 1210. The number of benzene rings is 1. The Morgan fingerprint density at radius 1 is 1.27 bits per heavy atom. The van der Waals surface area contributed by atoms with Gasteiger partial charge in [0.05, 0.1) is 51.0 Å². The molecule has 10 nitrogen and oxygen atoms in total. The minimum atomic E-state index is -4.86. The summed E-state index contributed by atoms with van der Waals surface area (Å²) in [5.74, 6) is 0.599. The van der Waals surface area contributed by atoms with E-state index in [1.54, 1.807) is 35.9 Å². The largest absolute Gasteiger partial charge is 0.497 e. The molecule has 3 heterocycles. The van der Waals surface area contributed by atoms with Gasteiger partial charge in [0, 0.05) is 12.6 Å². The Balaban J connectivity index is 0.00000380. The maximum atomic E-state index is 13.8. The monoisotopic (exact) mass is 543 g/mol. The van der Waals surface area contributed by atoms with E-state index < -0.39 is 29.0 Å². The average molecular weight is 544 g/mol. The van der Waals surface area contributed by atoms with E-state index in [4.69, 9.17) is 9.47 Å². The van der Waals surface area contributed by atoms with Crippen LogP contribution in [0.2, 0.25) is 0 Å². The first-order chi connectivity index (χ1) is 17.2. The second-order valence-electron chi connectivity index (χ2n) is 8.64. The van der Waals surface area contributed by atoms with Crippen molar-refractivity contribution in [1.82, 2.24) is 30.1 Å². The predicted octanol–water partition coefficient (Wildman–Crippen LogP) is 2.88. The van der Waals surface area contributed by atoms with Gasteiger partial charge in [-0.05, 0) is 37.6 Å². The van der Waals surface area contributed by atoms with E-state index in [2.05, 4.69) is 26.0 Å². The predicted molar refractivity (Wildman–Crippen MR) is 132 cm³/mol. The molecule has 37 heavy (non-hydrogen) atoms. The van der Waals surface area contributed by atoms with E-state index in [0.717, 1.165) is 30.4 Å². The molecule has 1 fully saturated rings. The Kier molecular flexibility index (Phi) is 9.51. The van der Waals surface area contributed by atoms with Gasteiger partial charge in [0.15, 0.2) is 0 Å². The first-order valence-corrected chi connectivity index (χ1v) is 11.5. The molecule has 1 aliphatic heterocycles. The number of ether oxygens (including phenoxy) is 2. The van der Waals surface area contributed by atoms with Crippen molar-refractivity contribution < 1.29 is 22.6 Å². The normalized spacial score (nSPS) is 16.3. The van der Waals surface area contributed by atoms with Crippen LogP contribution in [-0.4, -0.2) is 57.6 Å². The molecule has 0 bridgehead atoms. The molecule has 1 saturated heterocycles. The van der Waals surface area contributed by atoms with Gasteiger partial charge in [0.2, 0.25) is 0 Å². The Hall–Kier alpha value is -3.16. The highest BCUT2D eigenvalue weighted by molar-refractivity contribution is 5.85. The first kappa shape index (κ1) is 28.4. The van der Waals surface area contributed by atoms with Gasteiger partial charge in [-0.15, -0.1) is 17.5 Å². The van der Waals surface area contributed by atoms with Crippen LogP contribution in [0.5, 0.6) is 5.75 Å². The topological polar surface area (TPSA) is 108 Å². The number of nitrogens with one attached hydrogen (secondary N) is 2. The molecular weight excluding hydrogens is 515 g/mol. The van der Waals surface area contributed by atoms with Crippen molar-refractivity contribution in [3.63, 3.8) is 0 Å². The van der Waals surface area contributed by atoms with Gasteiger partial charge in [0.1, 0.15) is 17.0 Å². The van der Waals surface area contributed by atoms with Crippen LogP contribution < -0.4 is 20.9 Å². The number of halogens is 4. The lowest BCUT2D eigenvalue weighted by Gasteiger charge is -2.19. The summed E-state index contributed by atoms with van der Waals surface area (Å²) in [4.78, 5) is 12.7. The number of anilines is 1. The molecule has 2 aromatic heterocycles. The summed E-state index contributed by atoms with van der Waals surface area (Å²) in [6, 6.07) is 6.37. The van der Waals surface area contributed by atoms with Gasteiger partial charge >= 0.3 is 6.18 Å². The van der Waals surface area contributed by atoms with Crippen LogP contribution in [0.1, 0.15) is 36.2 Å². The van der Waals surface area contributed by atoms with Crippen molar-refractivity contribution in [3.05, 3.63) is 63.8 Å². The van der Waals surface area contributed by atoms with Crippen LogP contribution >= 0.6 is 12.4 Å². The van der Waals surface area contributed by atoms with Crippen molar-refractivity contribution in [1.29, 1.82) is 0 Å². The van der Waals surface area contributed by atoms with Crippen molar-refractivity contribution >= 4 is 18.1 Å². The summed E-state index contributed by atoms with van der Waals surface area (Å²) in [7, 11) is 1.51. The quantitative estimate of drug-likeness (QED) is 0.402. The van der Waals surface area contributed by atoms with Crippen LogP contribution in [0.3, 0.4) is 0 Å². The number of hydrogen-bond acceptors (Lipinski definition) is 8. The molecule has 2 atom stereocenters. The van der Waals surface area contributed by atoms with Gasteiger partial charge < -0.3 is 20.1 Å². The maximum Gasteiger partial charge on any atom is 0.423 e. The molecule has 0 spiro atoms. The average Bonchev–Trinajstić information content (AvgIpc) is 3.53. The molecule has 1 aromatic carbocycles. The molecular formula is C23H29ClF3N7O3. The van der Waals surface area contributed by atoms with Crippen molar-refractivity contribution in [2.75, 3.05) is 32.1 Å². The summed E-state index contributed by atoms with van der Waals surface area (Å²) in [5, 5.41) is 18.1. The molecule has 0 amide bonds. The molecule has 2 unspecified atom stereocenters. The van der Waals surface area contributed by atoms with Crippen LogP contribution in [0.25, 0.3) is 0 Å². The smallest absolute Gasteiger partial charge is 0.423 e. The van der Waals surface area contributed by atoms with Crippen molar-refractivity contribution in [2.24, 2.45) is 0 Å². The molecule has 2 N–H and O–H groups in total. The Morgan fingerprint density at radius 2 is 2.03 bits per heavy atom. The third kappa shape index (κ3) is 7.21. The molecule has 0 saturated carbocycles. The maximum absolute atomic E-state index is 13.8. The number of alkyl halides is 3. The third-order valence-electron chi connectivity index (χ3n) is 5.80. The van der Waals surface area contributed by atoms with E-state index in [1.807, 2.05) is 6.20 Å². The molecule has 1 aliphatic rings. The summed E-state index contributed by atoms with van der Waals surface area (Å²) in [6.07, 6.45) is -1.06. The second kappa shape index (κ2) is 12.4. The van der Waals surface area contributed by atoms with Crippen LogP contribution in [0, 0.1) is 0 Å². The lowest BCUT2D eigenvalue weighted by molar-refractivity contribution is -0.138. The molecule has 3 aromatic rings. The number of rotatable bonds is 10. The van der Waals surface area contributed by atoms with E-state index in [0.29, 0.717) is 17.0 Å². The number of aromatic nitrogens is 5. The fourth-order valence-electron chi connectivity index (χ4n) is 3.96. The number of nitrogens with zero attached hydrogens (tertiary/aromatic N) is 5. The molecule has 14 heteroatoms. The van der Waals surface area contributed by atoms with Crippen LogP contribution in [-0.2, 0) is 24.1 Å². The van der Waals surface area contributed by atoms with Gasteiger partial charge in [-0.1, -0.05) is 17.3 Å². The highest BCUT2D eigenvalue weighted by Crippen LogP contribution is 2.32. The van der Waals surface area contributed by atoms with E-state index in [9.17, 15) is 18.0 Å². The zero-order chi connectivity index (χ0) is 25.7. The number of hydrogen-bond donors (Lipinski definition) is 2. The number of methoxy groups -OCH3 is 1. The zero-order valence-electron chi connectivity index (χ0n) is 20.4. The minimum absolute atomic E-state index is 0.